The number of aryl methyl sites for hydroxylation is 2. The van der Waals surface area contributed by atoms with E-state index in [-0.39, 0.29) is 0 Å². The predicted molar refractivity (Wildman–Crippen MR) is 109 cm³/mol. The fraction of sp³-hybridized carbons (Fsp3) is 0.364. The van der Waals surface area contributed by atoms with Gasteiger partial charge in [0.2, 0.25) is 0 Å². The lowest BCUT2D eigenvalue weighted by Gasteiger charge is -2.06. The number of aromatic nitrogens is 1. The third kappa shape index (κ3) is 4.08. The Balaban J connectivity index is 2.11. The van der Waals surface area contributed by atoms with Crippen molar-refractivity contribution in [2.75, 3.05) is 6.54 Å². The van der Waals surface area contributed by atoms with Crippen molar-refractivity contribution in [3.8, 4) is 11.3 Å². The highest BCUT2D eigenvalue weighted by molar-refractivity contribution is 6.30. The topological polar surface area (TPSA) is 41.8 Å². The summed E-state index contributed by atoms with van der Waals surface area (Å²) in [5, 5.41) is 2.12. The van der Waals surface area contributed by atoms with Crippen LogP contribution in [-0.2, 0) is 12.8 Å². The minimum Gasteiger partial charge on any atom is -0.354 e. The van der Waals surface area contributed by atoms with Crippen molar-refractivity contribution in [3.05, 3.63) is 58.6 Å². The highest BCUT2D eigenvalue weighted by Crippen LogP contribution is 2.34. The molecule has 0 amide bonds. The lowest BCUT2D eigenvalue weighted by atomic mass is 9.98. The first-order chi connectivity index (χ1) is 12.2. The van der Waals surface area contributed by atoms with E-state index in [1.807, 2.05) is 18.2 Å². The largest absolute Gasteiger partial charge is 0.354 e. The van der Waals surface area contributed by atoms with Gasteiger partial charge in [0.15, 0.2) is 0 Å². The van der Waals surface area contributed by atoms with Crippen LogP contribution in [0.3, 0.4) is 0 Å². The molecule has 0 unspecified atom stereocenters. The molecule has 0 bridgehead atoms. The number of nitrogens with two attached hydrogens (primary N) is 1. The van der Waals surface area contributed by atoms with E-state index in [0.717, 1.165) is 42.8 Å². The van der Waals surface area contributed by atoms with Crippen LogP contribution >= 0.6 is 11.6 Å². The smallest absolute Gasteiger partial charge is 0.0497 e. The third-order valence-corrected chi connectivity index (χ3v) is 5.06. The van der Waals surface area contributed by atoms with Crippen LogP contribution in [0.5, 0.6) is 0 Å². The van der Waals surface area contributed by atoms with Gasteiger partial charge in [-0.1, -0.05) is 55.3 Å². The molecule has 2 aromatic carbocycles. The summed E-state index contributed by atoms with van der Waals surface area (Å²) in [5.41, 5.74) is 12.2. The van der Waals surface area contributed by atoms with Crippen molar-refractivity contribution >= 4 is 22.5 Å². The number of benzene rings is 2. The number of hydrogen-bond donors (Lipinski definition) is 2. The standard InChI is InChI=1S/C22H27ClN2/c1-2-3-8-16-9-7-13-20-19(12-4-5-14-24)22(25-21(16)20)17-10-6-11-18(23)15-17/h6-7,9-11,13,15,25H,2-5,8,12,14,24H2,1H3. The van der Waals surface area contributed by atoms with Gasteiger partial charge in [-0.05, 0) is 67.5 Å². The maximum atomic E-state index is 6.24. The second kappa shape index (κ2) is 8.55. The molecule has 0 aliphatic carbocycles. The van der Waals surface area contributed by atoms with Crippen LogP contribution < -0.4 is 5.73 Å². The highest BCUT2D eigenvalue weighted by Gasteiger charge is 2.15. The summed E-state index contributed by atoms with van der Waals surface area (Å²) in [6.45, 7) is 2.99. The van der Waals surface area contributed by atoms with Gasteiger partial charge in [-0.25, -0.2) is 0 Å². The Morgan fingerprint density at radius 1 is 1.00 bits per heavy atom. The maximum absolute atomic E-state index is 6.24. The number of unbranched alkanes of at least 4 members (excludes halogenated alkanes) is 2. The average molecular weight is 355 g/mol. The molecule has 0 spiro atoms. The fourth-order valence-corrected chi connectivity index (χ4v) is 3.70. The summed E-state index contributed by atoms with van der Waals surface area (Å²) in [4.78, 5) is 3.72. The molecule has 0 aliphatic heterocycles. The summed E-state index contributed by atoms with van der Waals surface area (Å²) in [5.74, 6) is 0. The van der Waals surface area contributed by atoms with Crippen LogP contribution in [0.25, 0.3) is 22.2 Å². The molecule has 3 N–H and O–H groups in total. The Bertz CT molecular complexity index is 835. The zero-order chi connectivity index (χ0) is 17.6. The molecule has 3 rings (SSSR count). The number of fused-ring (bicyclic) bond motifs is 1. The molecular weight excluding hydrogens is 328 g/mol. The monoisotopic (exact) mass is 354 g/mol. The van der Waals surface area contributed by atoms with Gasteiger partial charge in [-0.2, -0.15) is 0 Å². The molecule has 2 nitrogen and oxygen atoms in total. The van der Waals surface area contributed by atoms with Crippen molar-refractivity contribution in [1.82, 2.24) is 4.98 Å². The SMILES string of the molecule is CCCCc1cccc2c(CCCCN)c(-c3cccc(Cl)c3)[nH]c12. The number of halogens is 1. The van der Waals surface area contributed by atoms with E-state index < -0.39 is 0 Å². The molecule has 3 aromatic rings. The lowest BCUT2D eigenvalue weighted by molar-refractivity contribution is 0.748. The zero-order valence-corrected chi connectivity index (χ0v) is 15.7. The first-order valence-electron chi connectivity index (χ1n) is 9.33. The van der Waals surface area contributed by atoms with E-state index in [9.17, 15) is 0 Å². The number of nitrogens with one attached hydrogen (secondary N) is 1. The van der Waals surface area contributed by atoms with E-state index in [2.05, 4.69) is 36.2 Å². The summed E-state index contributed by atoms with van der Waals surface area (Å²) >= 11 is 6.24. The molecule has 0 radical (unpaired) electrons. The lowest BCUT2D eigenvalue weighted by Crippen LogP contribution is -1.99. The van der Waals surface area contributed by atoms with Gasteiger partial charge in [0.05, 0.1) is 0 Å². The summed E-state index contributed by atoms with van der Waals surface area (Å²) in [7, 11) is 0. The molecule has 0 saturated carbocycles. The summed E-state index contributed by atoms with van der Waals surface area (Å²) < 4.78 is 0. The van der Waals surface area contributed by atoms with Crippen LogP contribution in [0, 0.1) is 0 Å². The van der Waals surface area contributed by atoms with Crippen molar-refractivity contribution in [1.29, 1.82) is 0 Å². The Labute approximate surface area is 155 Å². The minimum atomic E-state index is 0.747. The second-order valence-corrected chi connectivity index (χ2v) is 7.11. The molecule has 132 valence electrons. The van der Waals surface area contributed by atoms with Crippen molar-refractivity contribution < 1.29 is 0 Å². The molecule has 1 aromatic heterocycles. The minimum absolute atomic E-state index is 0.747. The van der Waals surface area contributed by atoms with Gasteiger partial charge in [0.1, 0.15) is 0 Å². The van der Waals surface area contributed by atoms with Crippen molar-refractivity contribution in [2.24, 2.45) is 5.73 Å². The summed E-state index contributed by atoms with van der Waals surface area (Å²) in [6, 6.07) is 14.8. The number of rotatable bonds is 8. The van der Waals surface area contributed by atoms with Gasteiger partial charge in [-0.3, -0.25) is 0 Å². The average Bonchev–Trinajstić information content (AvgIpc) is 2.99. The van der Waals surface area contributed by atoms with E-state index in [1.165, 1.54) is 40.6 Å². The summed E-state index contributed by atoms with van der Waals surface area (Å²) in [6.07, 6.45) is 6.74. The number of aromatic amines is 1. The predicted octanol–water partition coefficient (Wildman–Crippen LogP) is 6.11. The second-order valence-electron chi connectivity index (χ2n) is 6.68. The number of hydrogen-bond acceptors (Lipinski definition) is 1. The van der Waals surface area contributed by atoms with Gasteiger partial charge >= 0.3 is 0 Å². The number of para-hydroxylation sites is 1. The normalized spacial score (nSPS) is 11.3. The Morgan fingerprint density at radius 3 is 2.60 bits per heavy atom. The highest BCUT2D eigenvalue weighted by atomic mass is 35.5. The molecule has 1 heterocycles. The Kier molecular flexibility index (Phi) is 6.17. The molecule has 0 fully saturated rings. The van der Waals surface area contributed by atoms with Gasteiger partial charge in [0.25, 0.3) is 0 Å². The van der Waals surface area contributed by atoms with Crippen LogP contribution in [0.1, 0.15) is 43.7 Å². The van der Waals surface area contributed by atoms with E-state index in [1.54, 1.807) is 0 Å². The quantitative estimate of drug-likeness (QED) is 0.470. The molecule has 0 atom stereocenters. The molecular formula is C22H27ClN2. The van der Waals surface area contributed by atoms with Crippen LogP contribution in [-0.4, -0.2) is 11.5 Å². The molecule has 3 heteroatoms. The van der Waals surface area contributed by atoms with Crippen LogP contribution in [0.15, 0.2) is 42.5 Å². The van der Waals surface area contributed by atoms with Gasteiger partial charge < -0.3 is 10.7 Å². The maximum Gasteiger partial charge on any atom is 0.0497 e. The van der Waals surface area contributed by atoms with Crippen molar-refractivity contribution in [3.63, 3.8) is 0 Å². The molecule has 0 aliphatic rings. The first kappa shape index (κ1) is 18.0. The number of H-pyrrole nitrogens is 1. The Hall–Kier alpha value is -1.77. The van der Waals surface area contributed by atoms with E-state index >= 15 is 0 Å². The van der Waals surface area contributed by atoms with Crippen molar-refractivity contribution in [2.45, 2.75) is 45.4 Å². The van der Waals surface area contributed by atoms with E-state index in [0.29, 0.717) is 0 Å². The Morgan fingerprint density at radius 2 is 1.84 bits per heavy atom. The van der Waals surface area contributed by atoms with Crippen LogP contribution in [0.4, 0.5) is 0 Å². The molecule has 0 saturated heterocycles. The zero-order valence-electron chi connectivity index (χ0n) is 14.9. The fourth-order valence-electron chi connectivity index (χ4n) is 3.51. The van der Waals surface area contributed by atoms with Crippen LogP contribution in [0.2, 0.25) is 5.02 Å². The third-order valence-electron chi connectivity index (χ3n) is 4.82. The van der Waals surface area contributed by atoms with Gasteiger partial charge in [-0.15, -0.1) is 0 Å². The first-order valence-corrected chi connectivity index (χ1v) is 9.70. The van der Waals surface area contributed by atoms with E-state index in [4.69, 9.17) is 17.3 Å². The molecule has 25 heavy (non-hydrogen) atoms. The van der Waals surface area contributed by atoms with Gasteiger partial charge in [0, 0.05) is 21.6 Å².